The number of nitrogens with zero attached hydrogens (tertiary/aromatic N) is 1. The number of methoxy groups -OCH3 is 1. The summed E-state index contributed by atoms with van der Waals surface area (Å²) in [6.45, 7) is 0. The normalized spacial score (nSPS) is 19.7. The number of aliphatic imine (C=N–C) groups is 1. The van der Waals surface area contributed by atoms with Crippen LogP contribution >= 0.6 is 0 Å². The van der Waals surface area contributed by atoms with Gasteiger partial charge in [-0.3, -0.25) is 4.79 Å². The zero-order chi connectivity index (χ0) is 18.9. The summed E-state index contributed by atoms with van der Waals surface area (Å²) in [7, 11) is 1.17. The lowest BCUT2D eigenvalue weighted by atomic mass is 10.0. The molecule has 2 aromatic rings. The minimum atomic E-state index is -4.98. The number of aliphatic hydroxyl groups is 1. The Morgan fingerprint density at radius 2 is 1.88 bits per heavy atom. The van der Waals surface area contributed by atoms with E-state index in [0.717, 1.165) is 0 Å². The molecule has 1 atom stereocenters. The fraction of sp³-hybridized carbons (Fsp3) is 0.222. The fourth-order valence-corrected chi connectivity index (χ4v) is 2.58. The predicted molar refractivity (Wildman–Crippen MR) is 89.7 cm³/mol. The Bertz CT molecular complexity index is 866. The van der Waals surface area contributed by atoms with E-state index >= 15 is 0 Å². The number of alkyl halides is 3. The molecule has 0 fully saturated rings. The van der Waals surface area contributed by atoms with Crippen LogP contribution in [0.5, 0.6) is 0 Å². The van der Waals surface area contributed by atoms with Gasteiger partial charge in [-0.1, -0.05) is 30.3 Å². The van der Waals surface area contributed by atoms with Crippen LogP contribution in [0.2, 0.25) is 0 Å². The maximum Gasteiger partial charge on any atom is 0.436 e. The Morgan fingerprint density at radius 1 is 1.19 bits per heavy atom. The second kappa shape index (κ2) is 6.45. The highest BCUT2D eigenvalue weighted by Crippen LogP contribution is 2.40. The van der Waals surface area contributed by atoms with Crippen molar-refractivity contribution in [2.24, 2.45) is 4.99 Å². The minimum absolute atomic E-state index is 0.112. The number of hydrogen-bond acceptors (Lipinski definition) is 5. The first-order valence-electron chi connectivity index (χ1n) is 7.66. The number of carbonyl (C=O) groups excluding carboxylic acids is 1. The van der Waals surface area contributed by atoms with Crippen molar-refractivity contribution < 1.29 is 27.8 Å². The monoisotopic (exact) mass is 364 g/mol. The van der Waals surface area contributed by atoms with E-state index in [-0.39, 0.29) is 28.6 Å². The molecule has 26 heavy (non-hydrogen) atoms. The van der Waals surface area contributed by atoms with Crippen LogP contribution in [0.25, 0.3) is 0 Å². The van der Waals surface area contributed by atoms with E-state index in [0.29, 0.717) is 5.56 Å². The topological polar surface area (TPSA) is 70.9 Å². The van der Waals surface area contributed by atoms with Gasteiger partial charge in [-0.2, -0.15) is 13.2 Å². The Hall–Kier alpha value is -2.87. The standard InChI is InChI=1S/C18H15F3N2O3/c1-26-15-10-17(25,18(19,20)21)23-14-9-12(7-8-13(14)22-15)16(24)11-5-3-2-4-6-11/h2-9,23,25H,10H2,1H3. The molecule has 0 spiro atoms. The number of benzene rings is 2. The minimum Gasteiger partial charge on any atom is -0.484 e. The van der Waals surface area contributed by atoms with E-state index < -0.39 is 18.3 Å². The van der Waals surface area contributed by atoms with Crippen molar-refractivity contribution in [3.05, 3.63) is 59.7 Å². The summed E-state index contributed by atoms with van der Waals surface area (Å²) >= 11 is 0. The largest absolute Gasteiger partial charge is 0.484 e. The van der Waals surface area contributed by atoms with E-state index in [2.05, 4.69) is 10.3 Å². The number of rotatable bonds is 2. The van der Waals surface area contributed by atoms with Crippen LogP contribution in [0.3, 0.4) is 0 Å². The second-order valence-electron chi connectivity index (χ2n) is 5.80. The summed E-state index contributed by atoms with van der Waals surface area (Å²) in [5.74, 6) is -0.635. The van der Waals surface area contributed by atoms with Crippen LogP contribution in [0, 0.1) is 0 Å². The highest BCUT2D eigenvalue weighted by molar-refractivity contribution is 6.10. The van der Waals surface area contributed by atoms with Crippen molar-refractivity contribution in [3.63, 3.8) is 0 Å². The van der Waals surface area contributed by atoms with Crippen LogP contribution < -0.4 is 5.32 Å². The molecule has 3 rings (SSSR count). The van der Waals surface area contributed by atoms with Crippen molar-refractivity contribution in [1.82, 2.24) is 0 Å². The molecule has 0 bridgehead atoms. The molecule has 1 aliphatic rings. The van der Waals surface area contributed by atoms with Crippen LogP contribution in [-0.2, 0) is 4.74 Å². The molecule has 0 aliphatic carbocycles. The Morgan fingerprint density at radius 3 is 2.50 bits per heavy atom. The number of ether oxygens (including phenoxy) is 1. The van der Waals surface area contributed by atoms with Crippen molar-refractivity contribution >= 4 is 23.1 Å². The summed E-state index contributed by atoms with van der Waals surface area (Å²) in [6.07, 6.45) is -5.88. The highest BCUT2D eigenvalue weighted by atomic mass is 19.4. The predicted octanol–water partition coefficient (Wildman–Crippen LogP) is 3.66. The van der Waals surface area contributed by atoms with Gasteiger partial charge in [0.15, 0.2) is 11.7 Å². The molecule has 0 saturated heterocycles. The van der Waals surface area contributed by atoms with Crippen molar-refractivity contribution in [2.45, 2.75) is 18.3 Å². The maximum atomic E-state index is 13.3. The zero-order valence-corrected chi connectivity index (χ0v) is 13.7. The maximum absolute atomic E-state index is 13.3. The molecular weight excluding hydrogens is 349 g/mol. The van der Waals surface area contributed by atoms with E-state index in [9.17, 15) is 23.1 Å². The Labute approximate surface area is 147 Å². The summed E-state index contributed by atoms with van der Waals surface area (Å²) in [4.78, 5) is 16.5. The molecule has 8 heteroatoms. The Kier molecular flexibility index (Phi) is 4.45. The second-order valence-corrected chi connectivity index (χ2v) is 5.80. The number of carbonyl (C=O) groups is 1. The number of ketones is 1. The van der Waals surface area contributed by atoms with Crippen molar-refractivity contribution in [2.75, 3.05) is 12.4 Å². The zero-order valence-electron chi connectivity index (χ0n) is 13.7. The lowest BCUT2D eigenvalue weighted by Gasteiger charge is -2.30. The number of halogens is 3. The summed E-state index contributed by atoms with van der Waals surface area (Å²) < 4.78 is 44.9. The molecule has 136 valence electrons. The summed E-state index contributed by atoms with van der Waals surface area (Å²) in [5.41, 5.74) is -2.68. The molecule has 5 nitrogen and oxygen atoms in total. The smallest absolute Gasteiger partial charge is 0.436 e. The van der Waals surface area contributed by atoms with E-state index in [1.165, 1.54) is 25.3 Å². The van der Waals surface area contributed by atoms with Gasteiger partial charge in [0.05, 0.1) is 24.9 Å². The molecule has 0 aromatic heterocycles. The molecule has 0 radical (unpaired) electrons. The van der Waals surface area contributed by atoms with Crippen LogP contribution in [-0.4, -0.2) is 35.8 Å². The fourth-order valence-electron chi connectivity index (χ4n) is 2.58. The van der Waals surface area contributed by atoms with Gasteiger partial charge in [-0.25, -0.2) is 4.99 Å². The third-order valence-corrected chi connectivity index (χ3v) is 3.99. The van der Waals surface area contributed by atoms with Gasteiger partial charge in [0.1, 0.15) is 0 Å². The number of nitrogens with one attached hydrogen (secondary N) is 1. The van der Waals surface area contributed by atoms with Gasteiger partial charge in [-0.05, 0) is 18.2 Å². The van der Waals surface area contributed by atoms with Crippen LogP contribution in [0.4, 0.5) is 24.5 Å². The molecule has 1 heterocycles. The highest BCUT2D eigenvalue weighted by Gasteiger charge is 2.56. The molecule has 1 unspecified atom stereocenters. The lowest BCUT2D eigenvalue weighted by Crippen LogP contribution is -2.53. The molecule has 0 saturated carbocycles. The van der Waals surface area contributed by atoms with Gasteiger partial charge < -0.3 is 15.2 Å². The third kappa shape index (κ3) is 3.28. The molecule has 2 N–H and O–H groups in total. The number of hydrogen-bond donors (Lipinski definition) is 2. The van der Waals surface area contributed by atoms with Crippen LogP contribution in [0.15, 0.2) is 53.5 Å². The number of fused-ring (bicyclic) bond motifs is 1. The first-order chi connectivity index (χ1) is 12.2. The average Bonchev–Trinajstić information content (AvgIpc) is 2.76. The first kappa shape index (κ1) is 17.9. The third-order valence-electron chi connectivity index (χ3n) is 3.99. The summed E-state index contributed by atoms with van der Waals surface area (Å²) in [5, 5.41) is 12.2. The quantitative estimate of drug-likeness (QED) is 0.798. The molecular formula is C18H15F3N2O3. The van der Waals surface area contributed by atoms with Gasteiger partial charge in [0.25, 0.3) is 0 Å². The van der Waals surface area contributed by atoms with Gasteiger partial charge in [-0.15, -0.1) is 0 Å². The average molecular weight is 364 g/mol. The SMILES string of the molecule is COC1=Nc2ccc(C(=O)c3ccccc3)cc2NC(O)(C(F)(F)F)C1. The van der Waals surface area contributed by atoms with Gasteiger partial charge >= 0.3 is 6.18 Å². The van der Waals surface area contributed by atoms with E-state index in [4.69, 9.17) is 4.74 Å². The summed E-state index contributed by atoms with van der Waals surface area (Å²) in [6, 6.07) is 12.4. The van der Waals surface area contributed by atoms with E-state index in [1.54, 1.807) is 30.3 Å². The Balaban J connectivity index is 2.06. The van der Waals surface area contributed by atoms with Crippen molar-refractivity contribution in [1.29, 1.82) is 0 Å². The molecule has 2 aromatic carbocycles. The van der Waals surface area contributed by atoms with E-state index in [1.807, 2.05) is 0 Å². The van der Waals surface area contributed by atoms with Gasteiger partial charge in [0.2, 0.25) is 5.72 Å². The number of anilines is 1. The van der Waals surface area contributed by atoms with Crippen LogP contribution in [0.1, 0.15) is 22.3 Å². The van der Waals surface area contributed by atoms with Crippen molar-refractivity contribution in [3.8, 4) is 0 Å². The molecule has 1 aliphatic heterocycles. The van der Waals surface area contributed by atoms with Gasteiger partial charge in [0, 0.05) is 11.1 Å². The first-order valence-corrected chi connectivity index (χ1v) is 7.66. The molecule has 0 amide bonds. The lowest BCUT2D eigenvalue weighted by molar-refractivity contribution is -0.245.